The van der Waals surface area contributed by atoms with Gasteiger partial charge in [0.15, 0.2) is 14.4 Å². The van der Waals surface area contributed by atoms with Crippen molar-refractivity contribution in [3.05, 3.63) is 29.8 Å². The van der Waals surface area contributed by atoms with Gasteiger partial charge in [-0.05, 0) is 37.3 Å². The highest BCUT2D eigenvalue weighted by molar-refractivity contribution is 6.69. The van der Waals surface area contributed by atoms with Crippen molar-refractivity contribution in [3.8, 4) is 11.8 Å². The van der Waals surface area contributed by atoms with Crippen LogP contribution in [0.25, 0.3) is 0 Å². The molecule has 1 aromatic rings. The average Bonchev–Trinajstić information content (AvgIpc) is 2.42. The third-order valence-electron chi connectivity index (χ3n) is 2.33. The van der Waals surface area contributed by atoms with Crippen LogP contribution < -0.4 is 4.74 Å². The molecule has 0 N–H and O–H groups in total. The van der Waals surface area contributed by atoms with E-state index in [4.69, 9.17) is 44.0 Å². The third-order valence-corrected chi connectivity index (χ3v) is 3.60. The number of hydrogen-bond acceptors (Lipinski definition) is 5. The minimum atomic E-state index is -1.86. The average molecular weight is 397 g/mol. The Morgan fingerprint density at radius 2 is 1.83 bits per heavy atom. The number of benzene rings is 1. The number of nitrogens with zero attached hydrogens (tertiary/aromatic N) is 1. The minimum absolute atomic E-state index is 0.243. The summed E-state index contributed by atoms with van der Waals surface area (Å²) in [4.78, 5) is 11.4. The standard InChI is InChI=1S/C14H16Cl3NO4Si/c1-23(2,3)22-12(8-18)10-4-6-11(7-5-10)21-13(19)20-9-14(15,16)17/h4-7,12H,9H2,1-3H3. The Morgan fingerprint density at radius 3 is 2.26 bits per heavy atom. The summed E-state index contributed by atoms with van der Waals surface area (Å²) in [5, 5.41) is 9.21. The molecular formula is C14H16Cl3NO4Si. The summed E-state index contributed by atoms with van der Waals surface area (Å²) in [6.07, 6.45) is -1.65. The molecule has 1 unspecified atom stereocenters. The third kappa shape index (κ3) is 8.44. The largest absolute Gasteiger partial charge is 0.513 e. The van der Waals surface area contributed by atoms with Crippen LogP contribution in [0.3, 0.4) is 0 Å². The normalized spacial score (nSPS) is 13.1. The van der Waals surface area contributed by atoms with E-state index in [0.717, 1.165) is 0 Å². The number of carbonyl (C=O) groups excluding carboxylic acids is 1. The van der Waals surface area contributed by atoms with Crippen LogP contribution in [-0.4, -0.2) is 24.9 Å². The summed E-state index contributed by atoms with van der Waals surface area (Å²) in [6.45, 7) is 5.57. The molecule has 0 heterocycles. The smallest absolute Gasteiger partial charge is 0.429 e. The first-order valence-electron chi connectivity index (χ1n) is 6.59. The van der Waals surface area contributed by atoms with Crippen molar-refractivity contribution in [1.29, 1.82) is 5.26 Å². The molecule has 0 aliphatic carbocycles. The molecule has 0 aromatic heterocycles. The maximum absolute atomic E-state index is 11.4. The number of carbonyl (C=O) groups is 1. The summed E-state index contributed by atoms with van der Waals surface area (Å²) in [5.74, 6) is 0.243. The van der Waals surface area contributed by atoms with Gasteiger partial charge in [-0.3, -0.25) is 0 Å². The van der Waals surface area contributed by atoms with Gasteiger partial charge in [0.25, 0.3) is 0 Å². The van der Waals surface area contributed by atoms with Crippen molar-refractivity contribution in [2.24, 2.45) is 0 Å². The van der Waals surface area contributed by atoms with Gasteiger partial charge in [-0.1, -0.05) is 46.9 Å². The fraction of sp³-hybridized carbons (Fsp3) is 0.429. The number of ether oxygens (including phenoxy) is 2. The van der Waals surface area contributed by atoms with E-state index in [9.17, 15) is 10.1 Å². The van der Waals surface area contributed by atoms with Crippen LogP contribution in [0.2, 0.25) is 19.6 Å². The second kappa shape index (κ2) is 8.22. The van der Waals surface area contributed by atoms with E-state index in [1.807, 2.05) is 19.6 Å². The van der Waals surface area contributed by atoms with Gasteiger partial charge in [0, 0.05) is 0 Å². The maximum Gasteiger partial charge on any atom is 0.513 e. The van der Waals surface area contributed by atoms with Gasteiger partial charge in [0.1, 0.15) is 12.4 Å². The van der Waals surface area contributed by atoms with Crippen LogP contribution >= 0.6 is 34.8 Å². The predicted octanol–water partition coefficient (Wildman–Crippen LogP) is 4.99. The molecule has 0 amide bonds. The lowest BCUT2D eigenvalue weighted by Gasteiger charge is -2.21. The first-order chi connectivity index (χ1) is 10.5. The first-order valence-corrected chi connectivity index (χ1v) is 11.1. The Morgan fingerprint density at radius 1 is 1.26 bits per heavy atom. The molecule has 0 fully saturated rings. The van der Waals surface area contributed by atoms with Gasteiger partial charge in [-0.2, -0.15) is 5.26 Å². The van der Waals surface area contributed by atoms with Crippen molar-refractivity contribution in [2.45, 2.75) is 29.5 Å². The van der Waals surface area contributed by atoms with E-state index in [1.165, 1.54) is 12.1 Å². The SMILES string of the molecule is C[Si](C)(C)OC(C#N)c1ccc(OC(=O)OCC(Cl)(Cl)Cl)cc1. The van der Waals surface area contributed by atoms with Crippen molar-refractivity contribution in [2.75, 3.05) is 6.61 Å². The monoisotopic (exact) mass is 395 g/mol. The molecule has 0 saturated heterocycles. The van der Waals surface area contributed by atoms with E-state index in [-0.39, 0.29) is 5.75 Å². The van der Waals surface area contributed by atoms with E-state index < -0.39 is 31.0 Å². The van der Waals surface area contributed by atoms with Gasteiger partial charge >= 0.3 is 6.16 Å². The highest BCUT2D eigenvalue weighted by Gasteiger charge is 2.24. The lowest BCUT2D eigenvalue weighted by atomic mass is 10.1. The fourth-order valence-electron chi connectivity index (χ4n) is 1.50. The van der Waals surface area contributed by atoms with Crippen molar-refractivity contribution in [3.63, 3.8) is 0 Å². The van der Waals surface area contributed by atoms with Crippen molar-refractivity contribution < 1.29 is 18.7 Å². The molecule has 1 aromatic carbocycles. The Hall–Kier alpha value is -0.973. The second-order valence-corrected chi connectivity index (χ2v) is 12.5. The predicted molar refractivity (Wildman–Crippen MR) is 91.5 cm³/mol. The van der Waals surface area contributed by atoms with Crippen LogP contribution in [0.4, 0.5) is 4.79 Å². The zero-order valence-corrected chi connectivity index (χ0v) is 16.1. The molecule has 23 heavy (non-hydrogen) atoms. The summed E-state index contributed by atoms with van der Waals surface area (Å²) in [7, 11) is -1.86. The molecule has 126 valence electrons. The maximum atomic E-state index is 11.4. The Labute approximate surface area is 151 Å². The summed E-state index contributed by atoms with van der Waals surface area (Å²) < 4.78 is 13.6. The van der Waals surface area contributed by atoms with Crippen molar-refractivity contribution in [1.82, 2.24) is 0 Å². The molecule has 0 spiro atoms. The number of hydrogen-bond donors (Lipinski definition) is 0. The van der Waals surface area contributed by atoms with E-state index in [2.05, 4.69) is 10.8 Å². The molecule has 0 radical (unpaired) electrons. The second-order valence-electron chi connectivity index (χ2n) is 5.56. The Kier molecular flexibility index (Phi) is 7.18. The van der Waals surface area contributed by atoms with E-state index >= 15 is 0 Å². The van der Waals surface area contributed by atoms with Crippen LogP contribution in [-0.2, 0) is 9.16 Å². The summed E-state index contributed by atoms with van der Waals surface area (Å²) >= 11 is 16.4. The van der Waals surface area contributed by atoms with Crippen LogP contribution in [0.5, 0.6) is 5.75 Å². The molecule has 1 rings (SSSR count). The number of halogens is 3. The number of nitriles is 1. The fourth-order valence-corrected chi connectivity index (χ4v) is 2.56. The molecule has 5 nitrogen and oxygen atoms in total. The molecule has 9 heteroatoms. The molecular weight excluding hydrogens is 381 g/mol. The summed E-state index contributed by atoms with van der Waals surface area (Å²) in [6, 6.07) is 8.46. The van der Waals surface area contributed by atoms with Crippen LogP contribution in [0, 0.1) is 11.3 Å². The van der Waals surface area contributed by atoms with Crippen molar-refractivity contribution >= 4 is 49.3 Å². The summed E-state index contributed by atoms with van der Waals surface area (Å²) in [5.41, 5.74) is 0.678. The molecule has 1 atom stereocenters. The van der Waals surface area contributed by atoms with Gasteiger partial charge < -0.3 is 13.9 Å². The van der Waals surface area contributed by atoms with E-state index in [1.54, 1.807) is 12.1 Å². The van der Waals surface area contributed by atoms with Crippen LogP contribution in [0.1, 0.15) is 11.7 Å². The molecule has 0 saturated carbocycles. The number of rotatable bonds is 5. The quantitative estimate of drug-likeness (QED) is 0.303. The lowest BCUT2D eigenvalue weighted by molar-refractivity contribution is 0.101. The van der Waals surface area contributed by atoms with Gasteiger partial charge in [-0.25, -0.2) is 4.79 Å². The highest BCUT2D eigenvalue weighted by Crippen LogP contribution is 2.27. The molecule has 0 bridgehead atoms. The van der Waals surface area contributed by atoms with Gasteiger partial charge in [-0.15, -0.1) is 0 Å². The van der Waals surface area contributed by atoms with Crippen LogP contribution in [0.15, 0.2) is 24.3 Å². The van der Waals surface area contributed by atoms with Gasteiger partial charge in [0.05, 0.1) is 6.07 Å². The zero-order valence-electron chi connectivity index (χ0n) is 12.8. The molecule has 0 aliphatic rings. The number of alkyl halides is 3. The zero-order chi connectivity index (χ0) is 17.7. The topological polar surface area (TPSA) is 68.5 Å². The highest BCUT2D eigenvalue weighted by atomic mass is 35.6. The van der Waals surface area contributed by atoms with Gasteiger partial charge in [0.2, 0.25) is 3.79 Å². The van der Waals surface area contributed by atoms with E-state index in [0.29, 0.717) is 5.56 Å². The molecule has 0 aliphatic heterocycles. The first kappa shape index (κ1) is 20.1. The Bertz CT molecular complexity index is 576. The Balaban J connectivity index is 2.66. The lowest BCUT2D eigenvalue weighted by Crippen LogP contribution is -2.27. The minimum Gasteiger partial charge on any atom is -0.429 e.